The molecule has 1 aromatic carbocycles. The Morgan fingerprint density at radius 2 is 1.27 bits per heavy atom. The van der Waals surface area contributed by atoms with Crippen LogP contribution in [0.25, 0.3) is 0 Å². The van der Waals surface area contributed by atoms with Crippen molar-refractivity contribution in [2.75, 3.05) is 7.05 Å². The third-order valence-corrected chi connectivity index (χ3v) is 8.14. The van der Waals surface area contributed by atoms with Crippen LogP contribution >= 0.6 is 0 Å². The molecule has 1 aromatic heterocycles. The number of carbonyl (C=O) groups is 4. The Bertz CT molecular complexity index is 1290. The summed E-state index contributed by atoms with van der Waals surface area (Å²) in [5, 5.41) is 17.8. The van der Waals surface area contributed by atoms with Crippen molar-refractivity contribution in [3.05, 3.63) is 47.8 Å². The van der Waals surface area contributed by atoms with Gasteiger partial charge in [0.2, 0.25) is 23.6 Å². The minimum Gasteiger partial charge on any atom is -0.346 e. The maximum Gasteiger partial charge on any atom is 0.245 e. The number of nitrogens with zero attached hydrogens (tertiary/aromatic N) is 4. The first-order chi connectivity index (χ1) is 21.2. The van der Waals surface area contributed by atoms with Gasteiger partial charge in [-0.2, -0.15) is 0 Å². The van der Waals surface area contributed by atoms with E-state index < -0.39 is 36.1 Å². The molecule has 4 amide bonds. The van der Waals surface area contributed by atoms with E-state index in [0.717, 1.165) is 5.56 Å². The summed E-state index contributed by atoms with van der Waals surface area (Å²) in [6, 6.07) is 5.64. The highest BCUT2D eigenvalue weighted by Crippen LogP contribution is 2.25. The van der Waals surface area contributed by atoms with Crippen molar-refractivity contribution in [3.63, 3.8) is 0 Å². The van der Waals surface area contributed by atoms with Gasteiger partial charge in [-0.3, -0.25) is 19.2 Å². The molecule has 3 rings (SSSR count). The number of benzene rings is 1. The van der Waals surface area contributed by atoms with Crippen LogP contribution in [-0.2, 0) is 25.6 Å². The molecule has 3 N–H and O–H groups in total. The van der Waals surface area contributed by atoms with Crippen LogP contribution in [0.5, 0.6) is 0 Å². The predicted molar refractivity (Wildman–Crippen MR) is 174 cm³/mol. The zero-order valence-corrected chi connectivity index (χ0v) is 28.4. The quantitative estimate of drug-likeness (QED) is 0.388. The summed E-state index contributed by atoms with van der Waals surface area (Å²) >= 11 is 0. The second-order valence-electron chi connectivity index (χ2n) is 14.0. The number of nitrogens with one attached hydrogen (secondary N) is 3. The molecule has 248 valence electrons. The SMILES string of the molecule is CC(C)C[C@@H]1NC(=O)[C@H](C(C)C)n2cc(nn2)[C@H](CC(C)C)NC(=O)[C@H](CC(C)C)N(C)C(=O)[C@H](Cc2ccccc2)NC1=O. The van der Waals surface area contributed by atoms with E-state index in [-0.39, 0.29) is 47.8 Å². The minimum absolute atomic E-state index is 0.0870. The van der Waals surface area contributed by atoms with Crippen LogP contribution in [0.1, 0.15) is 98.0 Å². The predicted octanol–water partition coefficient (Wildman–Crippen LogP) is 3.82. The van der Waals surface area contributed by atoms with Crippen LogP contribution < -0.4 is 16.0 Å². The summed E-state index contributed by atoms with van der Waals surface area (Å²) in [6.07, 6.45) is 3.35. The average molecular weight is 624 g/mol. The smallest absolute Gasteiger partial charge is 0.245 e. The normalized spacial score (nSPS) is 23.9. The van der Waals surface area contributed by atoms with E-state index in [1.54, 1.807) is 13.2 Å². The molecule has 0 saturated heterocycles. The fraction of sp³-hybridized carbons (Fsp3) is 0.647. The van der Waals surface area contributed by atoms with Crippen LogP contribution in [0.3, 0.4) is 0 Å². The minimum atomic E-state index is -0.952. The van der Waals surface area contributed by atoms with Crippen LogP contribution in [0.15, 0.2) is 36.5 Å². The Morgan fingerprint density at radius 1 is 0.711 bits per heavy atom. The van der Waals surface area contributed by atoms with Crippen molar-refractivity contribution in [2.45, 2.75) is 111 Å². The number of hydrogen-bond acceptors (Lipinski definition) is 6. The summed E-state index contributed by atoms with van der Waals surface area (Å²) < 4.78 is 1.53. The largest absolute Gasteiger partial charge is 0.346 e. The molecule has 45 heavy (non-hydrogen) atoms. The molecule has 5 atom stereocenters. The Balaban J connectivity index is 2.16. The zero-order chi connectivity index (χ0) is 33.4. The van der Waals surface area contributed by atoms with E-state index in [1.807, 2.05) is 71.9 Å². The third kappa shape index (κ3) is 9.86. The fourth-order valence-corrected chi connectivity index (χ4v) is 5.88. The van der Waals surface area contributed by atoms with Crippen molar-refractivity contribution >= 4 is 23.6 Å². The van der Waals surface area contributed by atoms with E-state index in [9.17, 15) is 19.2 Å². The van der Waals surface area contributed by atoms with Crippen LogP contribution in [0, 0.1) is 23.7 Å². The molecule has 0 unspecified atom stereocenters. The Labute approximate surface area is 268 Å². The van der Waals surface area contributed by atoms with Gasteiger partial charge in [0.15, 0.2) is 0 Å². The molecule has 2 heterocycles. The number of likely N-dealkylation sites (N-methyl/N-ethyl adjacent to an activating group) is 1. The standard InChI is InChI=1S/C34H53N7O4/c1-20(2)15-25-28-19-41(39-38-28)30(23(7)8)33(44)36-26(16-21(3)4)31(42)37-27(18-24-13-11-10-12-14-24)34(45)40(9)29(17-22(5)6)32(43)35-25/h10-14,19-23,25-27,29-30H,15-18H2,1-9H3,(H,35,43)(H,36,44)(H,37,42)/t25-,26-,27-,29-,30-/m0/s1. The lowest BCUT2D eigenvalue weighted by Gasteiger charge is -2.34. The molecule has 0 spiro atoms. The average Bonchev–Trinajstić information content (AvgIpc) is 3.42. The van der Waals surface area contributed by atoms with Gasteiger partial charge in [-0.25, -0.2) is 4.68 Å². The summed E-state index contributed by atoms with van der Waals surface area (Å²) in [7, 11) is 1.62. The van der Waals surface area contributed by atoms with Crippen molar-refractivity contribution in [1.82, 2.24) is 35.8 Å². The van der Waals surface area contributed by atoms with E-state index in [4.69, 9.17) is 0 Å². The van der Waals surface area contributed by atoms with Crippen molar-refractivity contribution in [1.29, 1.82) is 0 Å². The number of amides is 4. The summed E-state index contributed by atoms with van der Waals surface area (Å²) in [6.45, 7) is 15.9. The van der Waals surface area contributed by atoms with Crippen LogP contribution in [0.2, 0.25) is 0 Å². The molecule has 0 saturated carbocycles. The topological polar surface area (TPSA) is 138 Å². The van der Waals surface area contributed by atoms with Gasteiger partial charge in [0.05, 0.1) is 12.2 Å². The van der Waals surface area contributed by atoms with Gasteiger partial charge in [0.1, 0.15) is 29.9 Å². The molecular formula is C34H53N7O4. The van der Waals surface area contributed by atoms with E-state index in [0.29, 0.717) is 25.0 Å². The van der Waals surface area contributed by atoms with Gasteiger partial charge in [0.25, 0.3) is 0 Å². The Kier molecular flexibility index (Phi) is 12.7. The molecule has 1 aliphatic rings. The molecule has 1 aliphatic heterocycles. The number of hydrogen-bond donors (Lipinski definition) is 3. The Hall–Kier alpha value is -3.76. The maximum atomic E-state index is 14.2. The second-order valence-corrected chi connectivity index (χ2v) is 14.0. The third-order valence-electron chi connectivity index (χ3n) is 8.14. The second kappa shape index (κ2) is 16.0. The molecule has 11 nitrogen and oxygen atoms in total. The van der Waals surface area contributed by atoms with Gasteiger partial charge < -0.3 is 20.9 Å². The summed E-state index contributed by atoms with van der Waals surface area (Å²) in [5.74, 6) is -1.23. The number of rotatable bonds is 9. The van der Waals surface area contributed by atoms with Gasteiger partial charge in [0, 0.05) is 13.5 Å². The molecule has 0 radical (unpaired) electrons. The molecule has 0 aliphatic carbocycles. The highest BCUT2D eigenvalue weighted by molar-refractivity contribution is 5.95. The fourth-order valence-electron chi connectivity index (χ4n) is 5.88. The molecule has 11 heteroatoms. The van der Waals surface area contributed by atoms with Gasteiger partial charge >= 0.3 is 0 Å². The van der Waals surface area contributed by atoms with E-state index in [1.165, 1.54) is 9.58 Å². The van der Waals surface area contributed by atoms with E-state index >= 15 is 0 Å². The lowest BCUT2D eigenvalue weighted by molar-refractivity contribution is -0.143. The molecular weight excluding hydrogens is 570 g/mol. The van der Waals surface area contributed by atoms with Gasteiger partial charge in [-0.05, 0) is 48.5 Å². The lowest BCUT2D eigenvalue weighted by Crippen LogP contribution is -2.58. The highest BCUT2D eigenvalue weighted by Gasteiger charge is 2.37. The summed E-state index contributed by atoms with van der Waals surface area (Å²) in [4.78, 5) is 57.4. The lowest BCUT2D eigenvalue weighted by atomic mass is 9.96. The van der Waals surface area contributed by atoms with Gasteiger partial charge in [-0.15, -0.1) is 5.10 Å². The van der Waals surface area contributed by atoms with Crippen LogP contribution in [-0.4, -0.2) is 68.7 Å². The number of fused-ring (bicyclic) bond motifs is 2. The zero-order valence-electron chi connectivity index (χ0n) is 28.4. The molecule has 2 bridgehead atoms. The number of aromatic nitrogens is 3. The van der Waals surface area contributed by atoms with E-state index in [2.05, 4.69) is 40.1 Å². The first-order valence-corrected chi connectivity index (χ1v) is 16.3. The molecule has 2 aromatic rings. The van der Waals surface area contributed by atoms with Crippen LogP contribution in [0.4, 0.5) is 0 Å². The maximum absolute atomic E-state index is 14.2. The first-order valence-electron chi connectivity index (χ1n) is 16.3. The van der Waals surface area contributed by atoms with Crippen molar-refractivity contribution in [2.24, 2.45) is 23.7 Å². The first kappa shape index (κ1) is 35.7. The Morgan fingerprint density at radius 3 is 1.84 bits per heavy atom. The number of carbonyl (C=O) groups excluding carboxylic acids is 4. The van der Waals surface area contributed by atoms with Gasteiger partial charge in [-0.1, -0.05) is 90.9 Å². The van der Waals surface area contributed by atoms with Crippen molar-refractivity contribution < 1.29 is 19.2 Å². The van der Waals surface area contributed by atoms with Crippen molar-refractivity contribution in [3.8, 4) is 0 Å². The highest BCUT2D eigenvalue weighted by atomic mass is 16.2. The monoisotopic (exact) mass is 623 g/mol. The summed E-state index contributed by atoms with van der Waals surface area (Å²) in [5.41, 5.74) is 1.41. The molecule has 0 fully saturated rings.